The molecule has 0 unspecified atom stereocenters. The predicted octanol–water partition coefficient (Wildman–Crippen LogP) is 0.0948. The van der Waals surface area contributed by atoms with Crippen LogP contribution in [0.5, 0.6) is 0 Å². The molecule has 0 saturated carbocycles. The Morgan fingerprint density at radius 1 is 1.43 bits per heavy atom. The van der Waals surface area contributed by atoms with Crippen LogP contribution in [0.15, 0.2) is 0 Å². The van der Waals surface area contributed by atoms with Gasteiger partial charge >= 0.3 is 5.97 Å². The van der Waals surface area contributed by atoms with Crippen LogP contribution in [0.2, 0.25) is 0 Å². The molecule has 1 amide bonds. The molecule has 5 heteroatoms. The Morgan fingerprint density at radius 2 is 2.00 bits per heavy atom. The number of carbonyl (C=O) groups is 2. The third kappa shape index (κ3) is 6.42. The molecule has 0 radical (unpaired) electrons. The molecule has 0 rings (SSSR count). The molecule has 0 aromatic carbocycles. The number of nitrogens with one attached hydrogen (secondary N) is 1. The summed E-state index contributed by atoms with van der Waals surface area (Å²) >= 11 is 0. The molecule has 0 saturated heterocycles. The monoisotopic (exact) mass is 202 g/mol. The van der Waals surface area contributed by atoms with Gasteiger partial charge in [-0.05, 0) is 26.8 Å². The van der Waals surface area contributed by atoms with Crippen LogP contribution in [0.4, 0.5) is 0 Å². The molecule has 14 heavy (non-hydrogen) atoms. The third-order valence-electron chi connectivity index (χ3n) is 1.68. The second-order valence-corrected chi connectivity index (χ2v) is 3.89. The van der Waals surface area contributed by atoms with E-state index < -0.39 is 11.5 Å². The van der Waals surface area contributed by atoms with Crippen LogP contribution >= 0.6 is 0 Å². The molecule has 4 N–H and O–H groups in total. The fraction of sp³-hybridized carbons (Fsp3) is 0.778. The summed E-state index contributed by atoms with van der Waals surface area (Å²) in [6.45, 7) is 3.83. The zero-order chi connectivity index (χ0) is 11.2. The average Bonchev–Trinajstić information content (AvgIpc) is 1.96. The molecule has 0 aliphatic heterocycles. The van der Waals surface area contributed by atoms with Crippen molar-refractivity contribution in [2.45, 2.75) is 38.6 Å². The van der Waals surface area contributed by atoms with Gasteiger partial charge in [0, 0.05) is 12.0 Å². The van der Waals surface area contributed by atoms with Gasteiger partial charge in [-0.25, -0.2) is 0 Å². The fourth-order valence-corrected chi connectivity index (χ4v) is 1.12. The van der Waals surface area contributed by atoms with Gasteiger partial charge in [-0.3, -0.25) is 9.59 Å². The Labute approximate surface area is 83.7 Å². The normalized spacial score (nSPS) is 11.1. The molecule has 0 aliphatic rings. The van der Waals surface area contributed by atoms with Crippen LogP contribution in [0.1, 0.15) is 33.1 Å². The zero-order valence-electron chi connectivity index (χ0n) is 8.67. The van der Waals surface area contributed by atoms with E-state index in [0.29, 0.717) is 19.4 Å². The van der Waals surface area contributed by atoms with E-state index in [1.54, 1.807) is 13.8 Å². The molecule has 0 aromatic heterocycles. The highest BCUT2D eigenvalue weighted by molar-refractivity contribution is 5.78. The Bertz CT molecular complexity index is 214. The van der Waals surface area contributed by atoms with Gasteiger partial charge in [-0.1, -0.05) is 0 Å². The van der Waals surface area contributed by atoms with Crippen molar-refractivity contribution in [2.24, 2.45) is 5.73 Å². The minimum Gasteiger partial charge on any atom is -0.481 e. The van der Waals surface area contributed by atoms with Crippen molar-refractivity contribution in [3.05, 3.63) is 0 Å². The SMILES string of the molecule is CC(C)(CC(=O)O)NC(=O)CCCN. The summed E-state index contributed by atoms with van der Waals surface area (Å²) in [5.74, 6) is -1.07. The van der Waals surface area contributed by atoms with Gasteiger partial charge in [0.2, 0.25) is 5.91 Å². The van der Waals surface area contributed by atoms with E-state index in [1.165, 1.54) is 0 Å². The summed E-state index contributed by atoms with van der Waals surface area (Å²) in [5, 5.41) is 11.2. The fourth-order valence-electron chi connectivity index (χ4n) is 1.12. The maximum atomic E-state index is 11.2. The van der Waals surface area contributed by atoms with E-state index in [-0.39, 0.29) is 12.3 Å². The summed E-state index contributed by atoms with van der Waals surface area (Å²) in [7, 11) is 0. The Hall–Kier alpha value is -1.10. The first kappa shape index (κ1) is 12.9. The van der Waals surface area contributed by atoms with Gasteiger partial charge in [-0.15, -0.1) is 0 Å². The van der Waals surface area contributed by atoms with Crippen LogP contribution in [-0.2, 0) is 9.59 Å². The summed E-state index contributed by atoms with van der Waals surface area (Å²) in [6, 6.07) is 0. The summed E-state index contributed by atoms with van der Waals surface area (Å²) < 4.78 is 0. The number of hydrogen-bond acceptors (Lipinski definition) is 3. The van der Waals surface area contributed by atoms with E-state index in [0.717, 1.165) is 0 Å². The van der Waals surface area contributed by atoms with Gasteiger partial charge in [0.05, 0.1) is 6.42 Å². The molecule has 0 spiro atoms. The van der Waals surface area contributed by atoms with Crippen molar-refractivity contribution in [2.75, 3.05) is 6.54 Å². The van der Waals surface area contributed by atoms with Crippen LogP contribution < -0.4 is 11.1 Å². The first-order valence-electron chi connectivity index (χ1n) is 4.60. The maximum absolute atomic E-state index is 11.2. The molecule has 0 heterocycles. The molecule has 5 nitrogen and oxygen atoms in total. The Balaban J connectivity index is 3.95. The second-order valence-electron chi connectivity index (χ2n) is 3.89. The number of amides is 1. The summed E-state index contributed by atoms with van der Waals surface area (Å²) in [4.78, 5) is 21.7. The van der Waals surface area contributed by atoms with Crippen molar-refractivity contribution < 1.29 is 14.7 Å². The highest BCUT2D eigenvalue weighted by Gasteiger charge is 2.23. The van der Waals surface area contributed by atoms with Crippen molar-refractivity contribution in [3.8, 4) is 0 Å². The lowest BCUT2D eigenvalue weighted by molar-refractivity contribution is -0.138. The van der Waals surface area contributed by atoms with Crippen LogP contribution in [0.25, 0.3) is 0 Å². The third-order valence-corrected chi connectivity index (χ3v) is 1.68. The highest BCUT2D eigenvalue weighted by atomic mass is 16.4. The predicted molar refractivity (Wildman–Crippen MR) is 52.8 cm³/mol. The maximum Gasteiger partial charge on any atom is 0.305 e. The van der Waals surface area contributed by atoms with Gasteiger partial charge < -0.3 is 16.2 Å². The molecule has 0 atom stereocenters. The van der Waals surface area contributed by atoms with Crippen molar-refractivity contribution >= 4 is 11.9 Å². The standard InChI is InChI=1S/C9H18N2O3/c1-9(2,6-8(13)14)11-7(12)4-3-5-10/h3-6,10H2,1-2H3,(H,11,12)(H,13,14). The van der Waals surface area contributed by atoms with E-state index >= 15 is 0 Å². The summed E-state index contributed by atoms with van der Waals surface area (Å²) in [5.41, 5.74) is 4.55. The van der Waals surface area contributed by atoms with Crippen molar-refractivity contribution in [3.63, 3.8) is 0 Å². The molecule has 0 fully saturated rings. The van der Waals surface area contributed by atoms with Gasteiger partial charge in [0.1, 0.15) is 0 Å². The van der Waals surface area contributed by atoms with Gasteiger partial charge in [0.15, 0.2) is 0 Å². The van der Waals surface area contributed by atoms with E-state index in [4.69, 9.17) is 10.8 Å². The first-order valence-corrected chi connectivity index (χ1v) is 4.60. The van der Waals surface area contributed by atoms with Gasteiger partial charge in [0.25, 0.3) is 0 Å². The van der Waals surface area contributed by atoms with Gasteiger partial charge in [-0.2, -0.15) is 0 Å². The van der Waals surface area contributed by atoms with Crippen molar-refractivity contribution in [1.82, 2.24) is 5.32 Å². The molecular weight excluding hydrogens is 184 g/mol. The van der Waals surface area contributed by atoms with Crippen molar-refractivity contribution in [1.29, 1.82) is 0 Å². The number of nitrogens with two attached hydrogens (primary N) is 1. The topological polar surface area (TPSA) is 92.4 Å². The molecule has 0 bridgehead atoms. The number of carbonyl (C=O) groups excluding carboxylic acids is 1. The lowest BCUT2D eigenvalue weighted by atomic mass is 10.0. The van der Waals surface area contributed by atoms with Crippen LogP contribution in [-0.4, -0.2) is 29.1 Å². The molecule has 0 aliphatic carbocycles. The summed E-state index contributed by atoms with van der Waals surface area (Å²) in [6.07, 6.45) is 0.885. The number of hydrogen-bond donors (Lipinski definition) is 3. The number of aliphatic carboxylic acids is 1. The van der Waals surface area contributed by atoms with Crippen LogP contribution in [0.3, 0.4) is 0 Å². The first-order chi connectivity index (χ1) is 6.37. The average molecular weight is 202 g/mol. The van der Waals surface area contributed by atoms with E-state index in [2.05, 4.69) is 5.32 Å². The molecule has 0 aromatic rings. The molecule has 82 valence electrons. The van der Waals surface area contributed by atoms with E-state index in [9.17, 15) is 9.59 Å². The second kappa shape index (κ2) is 5.59. The number of carboxylic acids is 1. The lowest BCUT2D eigenvalue weighted by Gasteiger charge is -2.24. The molecular formula is C9H18N2O3. The zero-order valence-corrected chi connectivity index (χ0v) is 8.67. The van der Waals surface area contributed by atoms with Crippen LogP contribution in [0, 0.1) is 0 Å². The number of rotatable bonds is 6. The minimum absolute atomic E-state index is 0.0820. The van der Waals surface area contributed by atoms with E-state index in [1.807, 2.05) is 0 Å². The number of carboxylic acid groups (broad SMARTS) is 1. The highest BCUT2D eigenvalue weighted by Crippen LogP contribution is 2.08. The Morgan fingerprint density at radius 3 is 2.43 bits per heavy atom. The largest absolute Gasteiger partial charge is 0.481 e. The smallest absolute Gasteiger partial charge is 0.305 e. The lowest BCUT2D eigenvalue weighted by Crippen LogP contribution is -2.44. The Kier molecular flexibility index (Phi) is 5.15. The minimum atomic E-state index is -0.922. The quantitative estimate of drug-likeness (QED) is 0.569.